The molecule has 0 bridgehead atoms. The summed E-state index contributed by atoms with van der Waals surface area (Å²) in [6.45, 7) is 2.35. The number of aryl methyl sites for hydroxylation is 1. The van der Waals surface area contributed by atoms with Gasteiger partial charge in [-0.15, -0.1) is 0 Å². The van der Waals surface area contributed by atoms with Gasteiger partial charge in [-0.3, -0.25) is 9.59 Å². The summed E-state index contributed by atoms with van der Waals surface area (Å²) >= 11 is 0. The Hall–Kier alpha value is -2.71. The molecule has 1 N–H and O–H groups in total. The van der Waals surface area contributed by atoms with Crippen LogP contribution < -0.4 is 4.72 Å². The van der Waals surface area contributed by atoms with Crippen LogP contribution in [-0.2, 0) is 26.0 Å². The van der Waals surface area contributed by atoms with Gasteiger partial charge in [0.1, 0.15) is 0 Å². The second-order valence-electron chi connectivity index (χ2n) is 9.17. The summed E-state index contributed by atoms with van der Waals surface area (Å²) < 4.78 is 27.9. The van der Waals surface area contributed by atoms with Gasteiger partial charge in [0.2, 0.25) is 21.8 Å². The third kappa shape index (κ3) is 6.24. The zero-order chi connectivity index (χ0) is 24.0. The maximum atomic E-state index is 13.0. The van der Waals surface area contributed by atoms with E-state index in [0.29, 0.717) is 58.3 Å². The molecular formula is C26H33N3O4S. The van der Waals surface area contributed by atoms with E-state index >= 15 is 0 Å². The van der Waals surface area contributed by atoms with Crippen LogP contribution >= 0.6 is 0 Å². The lowest BCUT2D eigenvalue weighted by Gasteiger charge is -2.37. The van der Waals surface area contributed by atoms with Gasteiger partial charge in [0.15, 0.2) is 0 Å². The second-order valence-corrected chi connectivity index (χ2v) is 10.9. The monoisotopic (exact) mass is 483 g/mol. The van der Waals surface area contributed by atoms with Crippen molar-refractivity contribution in [3.63, 3.8) is 0 Å². The maximum absolute atomic E-state index is 13.0. The van der Waals surface area contributed by atoms with Crippen molar-refractivity contribution in [2.24, 2.45) is 5.92 Å². The Morgan fingerprint density at radius 2 is 1.35 bits per heavy atom. The summed E-state index contributed by atoms with van der Waals surface area (Å²) in [5.41, 5.74) is 1.16. The van der Waals surface area contributed by atoms with E-state index in [9.17, 15) is 18.0 Å². The molecule has 2 saturated heterocycles. The first-order valence-electron chi connectivity index (χ1n) is 12.1. The predicted molar refractivity (Wildman–Crippen MR) is 130 cm³/mol. The zero-order valence-electron chi connectivity index (χ0n) is 19.4. The van der Waals surface area contributed by atoms with E-state index in [1.165, 1.54) is 0 Å². The molecule has 0 spiro atoms. The lowest BCUT2D eigenvalue weighted by Crippen LogP contribution is -2.49. The number of likely N-dealkylation sites (tertiary alicyclic amines) is 2. The number of carbonyl (C=O) groups is 2. The smallest absolute Gasteiger partial charge is 0.240 e. The Morgan fingerprint density at radius 1 is 0.794 bits per heavy atom. The predicted octanol–water partition coefficient (Wildman–Crippen LogP) is 2.83. The number of carbonyl (C=O) groups excluding carboxylic acids is 2. The van der Waals surface area contributed by atoms with Gasteiger partial charge in [-0.05, 0) is 49.8 Å². The van der Waals surface area contributed by atoms with E-state index in [-0.39, 0.29) is 28.7 Å². The molecule has 0 aliphatic carbocycles. The minimum atomic E-state index is -3.55. The number of amides is 2. The molecule has 0 aromatic heterocycles. The Morgan fingerprint density at radius 3 is 1.97 bits per heavy atom. The van der Waals surface area contributed by atoms with Gasteiger partial charge in [-0.25, -0.2) is 13.1 Å². The first kappa shape index (κ1) is 24.4. The van der Waals surface area contributed by atoms with Crippen LogP contribution in [0.25, 0.3) is 0 Å². The number of nitrogens with one attached hydrogen (secondary N) is 1. The van der Waals surface area contributed by atoms with Gasteiger partial charge in [-0.2, -0.15) is 0 Å². The molecule has 2 amide bonds. The molecule has 0 saturated carbocycles. The second kappa shape index (κ2) is 11.1. The van der Waals surface area contributed by atoms with Crippen LogP contribution in [0.3, 0.4) is 0 Å². The van der Waals surface area contributed by atoms with Crippen molar-refractivity contribution in [3.05, 3.63) is 66.2 Å². The fourth-order valence-corrected chi connectivity index (χ4v) is 6.12. The molecule has 2 aliphatic rings. The van der Waals surface area contributed by atoms with Crippen LogP contribution in [0.15, 0.2) is 65.6 Å². The van der Waals surface area contributed by atoms with Gasteiger partial charge in [0.25, 0.3) is 0 Å². The highest BCUT2D eigenvalue weighted by Gasteiger charge is 2.33. The molecule has 0 radical (unpaired) electrons. The number of sulfonamides is 1. The quantitative estimate of drug-likeness (QED) is 0.656. The van der Waals surface area contributed by atoms with Crippen LogP contribution in [0, 0.1) is 5.92 Å². The van der Waals surface area contributed by atoms with Gasteiger partial charge < -0.3 is 9.80 Å². The van der Waals surface area contributed by atoms with E-state index in [4.69, 9.17) is 0 Å². The molecule has 8 heteroatoms. The molecule has 182 valence electrons. The van der Waals surface area contributed by atoms with Crippen LogP contribution in [0.5, 0.6) is 0 Å². The van der Waals surface area contributed by atoms with Crippen molar-refractivity contribution in [2.45, 2.75) is 49.5 Å². The summed E-state index contributed by atoms with van der Waals surface area (Å²) in [7, 11) is -3.55. The summed E-state index contributed by atoms with van der Waals surface area (Å²) in [6, 6.07) is 18.2. The zero-order valence-corrected chi connectivity index (χ0v) is 20.3. The van der Waals surface area contributed by atoms with Crippen LogP contribution in [0.4, 0.5) is 0 Å². The minimum absolute atomic E-state index is 0.0595. The highest BCUT2D eigenvalue weighted by Crippen LogP contribution is 2.23. The van der Waals surface area contributed by atoms with Gasteiger partial charge >= 0.3 is 0 Å². The highest BCUT2D eigenvalue weighted by atomic mass is 32.2. The number of hydrogen-bond acceptors (Lipinski definition) is 4. The average Bonchev–Trinajstić information content (AvgIpc) is 2.88. The van der Waals surface area contributed by atoms with Crippen molar-refractivity contribution >= 4 is 21.8 Å². The van der Waals surface area contributed by atoms with Crippen molar-refractivity contribution < 1.29 is 18.0 Å². The lowest BCUT2D eigenvalue weighted by molar-refractivity contribution is -0.141. The van der Waals surface area contributed by atoms with Crippen molar-refractivity contribution in [2.75, 3.05) is 26.2 Å². The van der Waals surface area contributed by atoms with E-state index in [2.05, 4.69) is 4.72 Å². The SMILES string of the molecule is O=C(CCc1ccccc1)N1CCC(C(=O)N2CCC(NS(=O)(=O)c3ccccc3)CC2)CC1. The third-order valence-electron chi connectivity index (χ3n) is 6.85. The summed E-state index contributed by atoms with van der Waals surface area (Å²) in [4.78, 5) is 29.6. The van der Waals surface area contributed by atoms with Crippen LogP contribution in [0.1, 0.15) is 37.7 Å². The fraction of sp³-hybridized carbons (Fsp3) is 0.462. The molecule has 4 rings (SSSR count). The molecule has 2 heterocycles. The van der Waals surface area contributed by atoms with Gasteiger partial charge in [0.05, 0.1) is 4.90 Å². The minimum Gasteiger partial charge on any atom is -0.343 e. The lowest BCUT2D eigenvalue weighted by atomic mass is 9.93. The van der Waals surface area contributed by atoms with Crippen LogP contribution in [-0.4, -0.2) is 62.3 Å². The Kier molecular flexibility index (Phi) is 8.00. The number of piperidine rings is 2. The molecule has 0 unspecified atom stereocenters. The summed E-state index contributed by atoms with van der Waals surface area (Å²) in [5.74, 6) is 0.234. The molecule has 34 heavy (non-hydrogen) atoms. The normalized spacial score (nSPS) is 18.1. The topological polar surface area (TPSA) is 86.8 Å². The first-order valence-corrected chi connectivity index (χ1v) is 13.6. The molecule has 2 aliphatic heterocycles. The Labute approximate surface area is 202 Å². The van der Waals surface area contributed by atoms with E-state index < -0.39 is 10.0 Å². The van der Waals surface area contributed by atoms with Crippen molar-refractivity contribution in [3.8, 4) is 0 Å². The number of benzene rings is 2. The Balaban J connectivity index is 1.19. The van der Waals surface area contributed by atoms with Gasteiger partial charge in [-0.1, -0.05) is 48.5 Å². The van der Waals surface area contributed by atoms with E-state index in [0.717, 1.165) is 12.0 Å². The number of rotatable bonds is 7. The number of nitrogens with zero attached hydrogens (tertiary/aromatic N) is 2. The largest absolute Gasteiger partial charge is 0.343 e. The van der Waals surface area contributed by atoms with Crippen LogP contribution in [0.2, 0.25) is 0 Å². The Bertz CT molecular complexity index is 1060. The molecule has 0 atom stereocenters. The molecule has 2 aromatic carbocycles. The van der Waals surface area contributed by atoms with E-state index in [1.807, 2.05) is 40.1 Å². The van der Waals surface area contributed by atoms with Gasteiger partial charge in [0, 0.05) is 44.6 Å². The molecule has 7 nitrogen and oxygen atoms in total. The summed E-state index contributed by atoms with van der Waals surface area (Å²) in [6.07, 6.45) is 3.83. The first-order chi connectivity index (χ1) is 16.4. The maximum Gasteiger partial charge on any atom is 0.240 e. The highest BCUT2D eigenvalue weighted by molar-refractivity contribution is 7.89. The molecule has 2 aromatic rings. The summed E-state index contributed by atoms with van der Waals surface area (Å²) in [5, 5.41) is 0. The number of hydrogen-bond donors (Lipinski definition) is 1. The third-order valence-corrected chi connectivity index (χ3v) is 8.39. The van der Waals surface area contributed by atoms with E-state index in [1.54, 1.807) is 30.3 Å². The molecule has 2 fully saturated rings. The van der Waals surface area contributed by atoms with Crippen molar-refractivity contribution in [1.82, 2.24) is 14.5 Å². The average molecular weight is 484 g/mol. The fourth-order valence-electron chi connectivity index (χ4n) is 4.79. The standard InChI is InChI=1S/C26H33N3O4S/c30-25(12-11-21-7-3-1-4-8-21)28-17-13-22(14-18-28)26(31)29-19-15-23(16-20-29)27-34(32,33)24-9-5-2-6-10-24/h1-10,22-23,27H,11-20H2. The molecular weight excluding hydrogens is 450 g/mol. The van der Waals surface area contributed by atoms with Crippen molar-refractivity contribution in [1.29, 1.82) is 0 Å².